The van der Waals surface area contributed by atoms with Crippen molar-refractivity contribution in [2.75, 3.05) is 51.3 Å². The number of fused-ring (bicyclic) bond motifs is 2. The Balaban J connectivity index is 0.754. The number of hydrogen-bond donors (Lipinski definition) is 4. The molecule has 5 amide bonds. The number of urea groups is 1. The van der Waals surface area contributed by atoms with Gasteiger partial charge in [-0.1, -0.05) is 48.9 Å². The Hall–Kier alpha value is -6.30. The quantitative estimate of drug-likeness (QED) is 0.0777. The number of aromatic nitrogens is 2. The van der Waals surface area contributed by atoms with Crippen molar-refractivity contribution in [2.24, 2.45) is 18.7 Å². The van der Waals surface area contributed by atoms with Crippen LogP contribution < -0.4 is 40.8 Å². The SMILES string of the molecule is COc1ccc(C(N)=O)c(-c2c(Cl)c(F)cc3c2C(C)C(CNC2CCC(C(=O)NCCCN4CCC(Oc5ccc6c(N7CCC(=O)NC7=O)nn(C)c6c5)CC4)CC2)(c2ccccc2)O3)c1F. The third kappa shape index (κ3) is 9.43. The highest BCUT2D eigenvalue weighted by molar-refractivity contribution is 6.34. The Labute approximate surface area is 403 Å². The molecular weight excluding hydrogens is 910 g/mol. The normalized spacial score (nSPS) is 22.0. The Kier molecular flexibility index (Phi) is 13.8. The number of methoxy groups -OCH3 is 1. The maximum atomic E-state index is 16.2. The number of likely N-dealkylation sites (tertiary alicyclic amines) is 1. The van der Waals surface area contributed by atoms with Crippen LogP contribution in [0.4, 0.5) is 19.4 Å². The van der Waals surface area contributed by atoms with E-state index in [1.165, 1.54) is 30.2 Å². The molecule has 3 fully saturated rings. The molecule has 15 nitrogen and oxygen atoms in total. The number of nitrogens with one attached hydrogen (secondary N) is 3. The van der Waals surface area contributed by atoms with E-state index in [9.17, 15) is 19.2 Å². The van der Waals surface area contributed by atoms with E-state index in [-0.39, 0.29) is 76.1 Å². The first-order valence-electron chi connectivity index (χ1n) is 23.7. The molecule has 2 unspecified atom stereocenters. The summed E-state index contributed by atoms with van der Waals surface area (Å²) in [5, 5.41) is 14.3. The molecule has 4 heterocycles. The zero-order valence-corrected chi connectivity index (χ0v) is 39.7. The van der Waals surface area contributed by atoms with Crippen molar-refractivity contribution in [3.05, 3.63) is 100 Å². The first kappa shape index (κ1) is 47.8. The number of ether oxygens (including phenoxy) is 3. The number of carbonyl (C=O) groups excluding carboxylic acids is 4. The molecule has 0 bridgehead atoms. The topological polar surface area (TPSA) is 182 Å². The smallest absolute Gasteiger partial charge is 0.329 e. The monoisotopic (exact) mass is 966 g/mol. The molecule has 1 saturated carbocycles. The Bertz CT molecular complexity index is 2780. The van der Waals surface area contributed by atoms with Gasteiger partial charge in [-0.15, -0.1) is 0 Å². The van der Waals surface area contributed by atoms with Gasteiger partial charge in [0.05, 0.1) is 23.2 Å². The van der Waals surface area contributed by atoms with E-state index in [2.05, 4.69) is 25.9 Å². The Morgan fingerprint density at radius 1 is 0.986 bits per heavy atom. The van der Waals surface area contributed by atoms with Crippen molar-refractivity contribution in [2.45, 2.75) is 82.0 Å². The molecule has 0 spiro atoms. The number of aryl methyl sites for hydroxylation is 1. The summed E-state index contributed by atoms with van der Waals surface area (Å²) in [6.45, 7) is 5.76. The maximum Gasteiger partial charge on any atom is 0.329 e. The highest BCUT2D eigenvalue weighted by Gasteiger charge is 2.50. The number of amides is 5. The van der Waals surface area contributed by atoms with Crippen LogP contribution in [0.15, 0.2) is 66.7 Å². The summed E-state index contributed by atoms with van der Waals surface area (Å²) in [5.74, 6) is -2.18. The van der Waals surface area contributed by atoms with Gasteiger partial charge in [-0.2, -0.15) is 5.10 Å². The van der Waals surface area contributed by atoms with Crippen molar-refractivity contribution in [1.29, 1.82) is 0 Å². The molecule has 9 rings (SSSR count). The summed E-state index contributed by atoms with van der Waals surface area (Å²) in [5.41, 5.74) is 6.32. The van der Waals surface area contributed by atoms with Gasteiger partial charge in [0.25, 0.3) is 0 Å². The van der Waals surface area contributed by atoms with Crippen LogP contribution in [0.25, 0.3) is 22.0 Å². The van der Waals surface area contributed by atoms with E-state index in [1.807, 2.05) is 62.5 Å². The number of nitrogens with zero attached hydrogens (tertiary/aromatic N) is 4. The van der Waals surface area contributed by atoms with E-state index in [1.54, 1.807) is 4.68 Å². The van der Waals surface area contributed by atoms with Crippen LogP contribution in [-0.4, -0.2) is 97.0 Å². The number of halogens is 3. The second-order valence-corrected chi connectivity index (χ2v) is 18.9. The fourth-order valence-corrected chi connectivity index (χ4v) is 10.8. The molecule has 3 aliphatic heterocycles. The molecule has 0 radical (unpaired) electrons. The number of primary amides is 1. The number of imide groups is 1. The Morgan fingerprint density at radius 3 is 2.45 bits per heavy atom. The standard InChI is InChI=1S/C51H57ClF2N8O7/c1-29-42-40(27-37(53)45(52)44(42)43-36(47(55)64)16-17-39(67-3)46(43)54)69-51(29,31-8-5-4-6-9-31)28-57-32-12-10-30(11-13-32)49(65)56-21-7-22-61-23-18-33(19-24-61)68-34-14-15-35-38(26-34)60(2)59-48(35)62-25-20-41(63)58-50(62)66/h4-6,8-9,14-17,26-27,29-30,32-33,57H,7,10-13,18-25,28H2,1-3H3,(H2,55,64)(H,56,65)(H,58,63,66). The second kappa shape index (κ2) is 20.0. The fourth-order valence-electron chi connectivity index (χ4n) is 10.6. The number of piperidine rings is 1. The summed E-state index contributed by atoms with van der Waals surface area (Å²) < 4.78 is 52.1. The van der Waals surface area contributed by atoms with Gasteiger partial charge < -0.3 is 35.5 Å². The van der Waals surface area contributed by atoms with E-state index < -0.39 is 35.1 Å². The third-order valence-electron chi connectivity index (χ3n) is 14.4. The van der Waals surface area contributed by atoms with Crippen molar-refractivity contribution in [3.63, 3.8) is 0 Å². The minimum Gasteiger partial charge on any atom is -0.494 e. The van der Waals surface area contributed by atoms with Crippen LogP contribution in [0.5, 0.6) is 17.2 Å². The molecule has 1 aliphatic carbocycles. The molecule has 69 heavy (non-hydrogen) atoms. The van der Waals surface area contributed by atoms with Crippen LogP contribution in [0.3, 0.4) is 0 Å². The van der Waals surface area contributed by atoms with Crippen LogP contribution in [0.2, 0.25) is 5.02 Å². The number of anilines is 1. The number of hydrogen-bond acceptors (Lipinski definition) is 10. The molecule has 4 aliphatic rings. The lowest BCUT2D eigenvalue weighted by Crippen LogP contribution is -2.49. The molecule has 2 saturated heterocycles. The number of benzene rings is 4. The summed E-state index contributed by atoms with van der Waals surface area (Å²) in [4.78, 5) is 54.1. The predicted octanol–water partition coefficient (Wildman–Crippen LogP) is 7.32. The molecule has 364 valence electrons. The van der Waals surface area contributed by atoms with Crippen molar-refractivity contribution >= 4 is 52.1 Å². The van der Waals surface area contributed by atoms with Crippen LogP contribution in [-0.2, 0) is 22.2 Å². The highest BCUT2D eigenvalue weighted by Crippen LogP contribution is 2.56. The van der Waals surface area contributed by atoms with Crippen LogP contribution >= 0.6 is 11.6 Å². The van der Waals surface area contributed by atoms with Gasteiger partial charge >= 0.3 is 6.03 Å². The number of nitrogens with two attached hydrogens (primary N) is 1. The molecule has 18 heteroatoms. The van der Waals surface area contributed by atoms with Gasteiger partial charge in [-0.05, 0) is 81.3 Å². The zero-order chi connectivity index (χ0) is 48.6. The van der Waals surface area contributed by atoms with Gasteiger partial charge in [0.15, 0.2) is 23.0 Å². The fraction of sp³-hybridized carbons (Fsp3) is 0.431. The molecule has 4 aromatic carbocycles. The van der Waals surface area contributed by atoms with E-state index >= 15 is 8.78 Å². The molecule has 1 aromatic heterocycles. The van der Waals surface area contributed by atoms with Gasteiger partial charge in [0.1, 0.15) is 23.4 Å². The largest absolute Gasteiger partial charge is 0.494 e. The molecule has 5 N–H and O–H groups in total. The van der Waals surface area contributed by atoms with E-state index in [4.69, 9.17) is 31.5 Å². The zero-order valence-electron chi connectivity index (χ0n) is 38.9. The first-order valence-corrected chi connectivity index (χ1v) is 24.0. The van der Waals surface area contributed by atoms with Gasteiger partial charge in [0, 0.05) is 98.3 Å². The minimum atomic E-state index is -1.07. The van der Waals surface area contributed by atoms with Crippen LogP contribution in [0, 0.1) is 17.6 Å². The van der Waals surface area contributed by atoms with Crippen molar-refractivity contribution in [3.8, 4) is 28.4 Å². The predicted molar refractivity (Wildman–Crippen MR) is 257 cm³/mol. The average molecular weight is 968 g/mol. The minimum absolute atomic E-state index is 0.00968. The average Bonchev–Trinajstić information content (AvgIpc) is 3.82. The van der Waals surface area contributed by atoms with E-state index in [0.717, 1.165) is 74.0 Å². The van der Waals surface area contributed by atoms with Gasteiger partial charge in [-0.3, -0.25) is 29.3 Å². The van der Waals surface area contributed by atoms with Crippen molar-refractivity contribution < 1.29 is 42.2 Å². The lowest BCUT2D eigenvalue weighted by Gasteiger charge is -2.37. The lowest BCUT2D eigenvalue weighted by molar-refractivity contribution is -0.126. The highest BCUT2D eigenvalue weighted by atomic mass is 35.5. The van der Waals surface area contributed by atoms with Crippen molar-refractivity contribution in [1.82, 2.24) is 30.6 Å². The van der Waals surface area contributed by atoms with E-state index in [0.29, 0.717) is 37.3 Å². The Morgan fingerprint density at radius 2 is 1.74 bits per heavy atom. The number of rotatable bonds is 15. The summed E-state index contributed by atoms with van der Waals surface area (Å²) >= 11 is 6.68. The second-order valence-electron chi connectivity index (χ2n) is 18.5. The molecular formula is C51H57ClF2N8O7. The third-order valence-corrected chi connectivity index (χ3v) is 14.8. The first-order chi connectivity index (χ1) is 33.3. The molecule has 5 aromatic rings. The van der Waals surface area contributed by atoms with Crippen LogP contribution in [0.1, 0.15) is 85.7 Å². The maximum absolute atomic E-state index is 16.2. The van der Waals surface area contributed by atoms with Gasteiger partial charge in [-0.25, -0.2) is 13.6 Å². The number of carbonyl (C=O) groups is 4. The van der Waals surface area contributed by atoms with Gasteiger partial charge in [0.2, 0.25) is 17.7 Å². The summed E-state index contributed by atoms with van der Waals surface area (Å²) in [6.07, 6.45) is 5.84. The lowest BCUT2D eigenvalue weighted by atomic mass is 9.77. The summed E-state index contributed by atoms with van der Waals surface area (Å²) in [7, 11) is 3.12. The molecule has 2 atom stereocenters. The summed E-state index contributed by atoms with van der Waals surface area (Å²) in [6, 6.07) is 18.8.